The van der Waals surface area contributed by atoms with Crippen LogP contribution in [-0.2, 0) is 14.8 Å². The summed E-state index contributed by atoms with van der Waals surface area (Å²) in [5.74, 6) is 0.699. The highest BCUT2D eigenvalue weighted by atomic mass is 32.2. The monoisotopic (exact) mass is 426 g/mol. The Balaban J connectivity index is 1.55. The SMILES string of the molecule is C#CCNS(=O)(=O)c1cccc(C(=O)OCCCN2C(=O)c3ccccc3C2=O)c1. The van der Waals surface area contributed by atoms with E-state index in [-0.39, 0.29) is 48.4 Å². The summed E-state index contributed by atoms with van der Waals surface area (Å²) in [6.07, 6.45) is 5.30. The number of fused-ring (bicyclic) bond motifs is 1. The van der Waals surface area contributed by atoms with Crippen molar-refractivity contribution in [3.63, 3.8) is 0 Å². The average Bonchev–Trinajstić information content (AvgIpc) is 3.00. The van der Waals surface area contributed by atoms with Gasteiger partial charge >= 0.3 is 5.97 Å². The number of benzene rings is 2. The van der Waals surface area contributed by atoms with Crippen LogP contribution in [0.5, 0.6) is 0 Å². The molecule has 2 aromatic carbocycles. The summed E-state index contributed by atoms with van der Waals surface area (Å²) in [7, 11) is -3.84. The number of sulfonamides is 1. The number of nitrogens with zero attached hydrogens (tertiary/aromatic N) is 1. The first kappa shape index (κ1) is 21.2. The molecule has 2 aromatic rings. The van der Waals surface area contributed by atoms with Crippen LogP contribution in [0.4, 0.5) is 0 Å². The summed E-state index contributed by atoms with van der Waals surface area (Å²) in [5, 5.41) is 0. The molecule has 0 spiro atoms. The minimum absolute atomic E-state index is 0.0431. The topological polar surface area (TPSA) is 110 Å². The van der Waals surface area contributed by atoms with E-state index in [0.29, 0.717) is 11.1 Å². The minimum Gasteiger partial charge on any atom is -0.462 e. The molecule has 0 atom stereocenters. The van der Waals surface area contributed by atoms with Gasteiger partial charge < -0.3 is 4.74 Å². The molecule has 0 unspecified atom stereocenters. The molecule has 30 heavy (non-hydrogen) atoms. The lowest BCUT2D eigenvalue weighted by molar-refractivity contribution is 0.0482. The van der Waals surface area contributed by atoms with Crippen LogP contribution in [-0.4, -0.2) is 50.8 Å². The Labute approximate surface area is 173 Å². The van der Waals surface area contributed by atoms with Gasteiger partial charge in [0.25, 0.3) is 11.8 Å². The van der Waals surface area contributed by atoms with Crippen LogP contribution >= 0.6 is 0 Å². The van der Waals surface area contributed by atoms with Crippen LogP contribution in [0.15, 0.2) is 53.4 Å². The fraction of sp³-hybridized carbons (Fsp3) is 0.190. The molecule has 0 aliphatic carbocycles. The predicted molar refractivity (Wildman–Crippen MR) is 107 cm³/mol. The molecule has 1 aliphatic rings. The van der Waals surface area contributed by atoms with E-state index < -0.39 is 16.0 Å². The van der Waals surface area contributed by atoms with Crippen molar-refractivity contribution in [1.82, 2.24) is 9.62 Å². The highest BCUT2D eigenvalue weighted by Gasteiger charge is 2.34. The summed E-state index contributed by atoms with van der Waals surface area (Å²) in [5.41, 5.74) is 0.770. The van der Waals surface area contributed by atoms with Crippen molar-refractivity contribution in [2.75, 3.05) is 19.7 Å². The summed E-state index contributed by atoms with van der Waals surface area (Å²) >= 11 is 0. The Kier molecular flexibility index (Phi) is 6.30. The highest BCUT2D eigenvalue weighted by Crippen LogP contribution is 2.22. The van der Waals surface area contributed by atoms with Crippen LogP contribution in [0.25, 0.3) is 0 Å². The smallest absolute Gasteiger partial charge is 0.338 e. The summed E-state index contributed by atoms with van der Waals surface area (Å²) in [6.45, 7) is -0.114. The largest absolute Gasteiger partial charge is 0.462 e. The number of rotatable bonds is 8. The van der Waals surface area contributed by atoms with Crippen molar-refractivity contribution in [3.8, 4) is 12.3 Å². The first-order chi connectivity index (χ1) is 14.3. The number of carbonyl (C=O) groups excluding carboxylic acids is 3. The van der Waals surface area contributed by atoms with Gasteiger partial charge in [0, 0.05) is 6.54 Å². The number of esters is 1. The van der Waals surface area contributed by atoms with Gasteiger partial charge in [0.1, 0.15) is 0 Å². The number of amides is 2. The quantitative estimate of drug-likeness (QED) is 0.296. The Morgan fingerprint density at radius 2 is 1.73 bits per heavy atom. The van der Waals surface area contributed by atoms with Crippen molar-refractivity contribution >= 4 is 27.8 Å². The van der Waals surface area contributed by atoms with Gasteiger partial charge in [-0.1, -0.05) is 24.1 Å². The van der Waals surface area contributed by atoms with Gasteiger partial charge in [-0.25, -0.2) is 13.2 Å². The van der Waals surface area contributed by atoms with E-state index in [9.17, 15) is 22.8 Å². The van der Waals surface area contributed by atoms with Crippen LogP contribution < -0.4 is 4.72 Å². The van der Waals surface area contributed by atoms with Crippen molar-refractivity contribution in [2.24, 2.45) is 0 Å². The number of ether oxygens (including phenoxy) is 1. The average molecular weight is 426 g/mol. The number of carbonyl (C=O) groups is 3. The van der Waals surface area contributed by atoms with E-state index in [0.717, 1.165) is 4.90 Å². The molecule has 1 heterocycles. The fourth-order valence-corrected chi connectivity index (χ4v) is 3.90. The zero-order valence-electron chi connectivity index (χ0n) is 15.8. The molecular weight excluding hydrogens is 408 g/mol. The van der Waals surface area contributed by atoms with E-state index in [1.807, 2.05) is 0 Å². The summed E-state index contributed by atoms with van der Waals surface area (Å²) in [6, 6.07) is 11.9. The van der Waals surface area contributed by atoms with E-state index in [4.69, 9.17) is 11.2 Å². The van der Waals surface area contributed by atoms with Crippen LogP contribution in [0, 0.1) is 12.3 Å². The van der Waals surface area contributed by atoms with E-state index in [2.05, 4.69) is 10.6 Å². The van der Waals surface area contributed by atoms with E-state index >= 15 is 0 Å². The molecule has 0 radical (unpaired) electrons. The highest BCUT2D eigenvalue weighted by molar-refractivity contribution is 7.89. The van der Waals surface area contributed by atoms with Crippen LogP contribution in [0.2, 0.25) is 0 Å². The third kappa shape index (κ3) is 4.40. The maximum atomic E-state index is 12.3. The molecule has 9 heteroatoms. The third-order valence-electron chi connectivity index (χ3n) is 4.38. The number of hydrogen-bond donors (Lipinski definition) is 1. The molecule has 0 saturated carbocycles. The lowest BCUT2D eigenvalue weighted by atomic mass is 10.1. The van der Waals surface area contributed by atoms with Gasteiger partial charge in [-0.2, -0.15) is 4.72 Å². The number of terminal acetylenes is 1. The molecule has 0 bridgehead atoms. The lowest BCUT2D eigenvalue weighted by Crippen LogP contribution is -2.31. The summed E-state index contributed by atoms with van der Waals surface area (Å²) < 4.78 is 31.6. The molecule has 8 nitrogen and oxygen atoms in total. The first-order valence-electron chi connectivity index (χ1n) is 9.00. The zero-order valence-corrected chi connectivity index (χ0v) is 16.6. The molecule has 1 N–H and O–H groups in total. The second-order valence-corrected chi connectivity index (χ2v) is 8.12. The number of hydrogen-bond acceptors (Lipinski definition) is 6. The molecule has 1 aliphatic heterocycles. The minimum atomic E-state index is -3.84. The molecule has 2 amide bonds. The van der Waals surface area contributed by atoms with Crippen molar-refractivity contribution in [2.45, 2.75) is 11.3 Å². The molecule has 3 rings (SSSR count). The van der Waals surface area contributed by atoms with Gasteiger partial charge in [-0.05, 0) is 36.8 Å². The lowest BCUT2D eigenvalue weighted by Gasteiger charge is -2.13. The predicted octanol–water partition coefficient (Wildman–Crippen LogP) is 1.44. The molecule has 0 aromatic heterocycles. The molecular formula is C21H18N2O6S. The standard InChI is InChI=1S/C21H18N2O6S/c1-2-11-22-30(27,28)16-8-5-7-15(14-16)21(26)29-13-6-12-23-19(24)17-9-3-4-10-18(17)20(23)25/h1,3-5,7-10,14,22H,6,11-13H2. The molecule has 154 valence electrons. The summed E-state index contributed by atoms with van der Waals surface area (Å²) in [4.78, 5) is 37.8. The Morgan fingerprint density at radius 1 is 1.07 bits per heavy atom. The number of nitrogens with one attached hydrogen (secondary N) is 1. The maximum Gasteiger partial charge on any atom is 0.338 e. The third-order valence-corrected chi connectivity index (χ3v) is 5.78. The Bertz CT molecular complexity index is 1120. The second kappa shape index (κ2) is 8.90. The van der Waals surface area contributed by atoms with Gasteiger partial charge in [0.2, 0.25) is 10.0 Å². The van der Waals surface area contributed by atoms with Gasteiger partial charge in [0.15, 0.2) is 0 Å². The zero-order chi connectivity index (χ0) is 21.7. The van der Waals surface area contributed by atoms with Gasteiger partial charge in [-0.3, -0.25) is 14.5 Å². The van der Waals surface area contributed by atoms with E-state index in [1.54, 1.807) is 24.3 Å². The van der Waals surface area contributed by atoms with E-state index in [1.165, 1.54) is 24.3 Å². The normalized spacial score (nSPS) is 13.1. The maximum absolute atomic E-state index is 12.3. The van der Waals surface area contributed by atoms with Crippen LogP contribution in [0.3, 0.4) is 0 Å². The number of imide groups is 1. The second-order valence-electron chi connectivity index (χ2n) is 6.35. The van der Waals surface area contributed by atoms with Crippen molar-refractivity contribution in [3.05, 3.63) is 65.2 Å². The van der Waals surface area contributed by atoms with Gasteiger partial charge in [-0.15, -0.1) is 6.42 Å². The van der Waals surface area contributed by atoms with Crippen LogP contribution in [0.1, 0.15) is 37.5 Å². The van der Waals surface area contributed by atoms with Crippen molar-refractivity contribution < 1.29 is 27.5 Å². The molecule has 0 fully saturated rings. The molecule has 0 saturated heterocycles. The Morgan fingerprint density at radius 3 is 2.37 bits per heavy atom. The fourth-order valence-electron chi connectivity index (χ4n) is 2.92. The van der Waals surface area contributed by atoms with Crippen molar-refractivity contribution in [1.29, 1.82) is 0 Å². The Hall–Kier alpha value is -3.48. The first-order valence-corrected chi connectivity index (χ1v) is 10.5. The van der Waals surface area contributed by atoms with Gasteiger partial charge in [0.05, 0.1) is 34.7 Å².